The molecule has 1 unspecified atom stereocenters. The van der Waals surface area contributed by atoms with E-state index in [2.05, 4.69) is 6.58 Å². The Kier molecular flexibility index (Phi) is 3.74. The maximum absolute atomic E-state index is 11.6. The molecule has 1 aromatic carbocycles. The van der Waals surface area contributed by atoms with Crippen LogP contribution in [0, 0.1) is 17.0 Å². The first-order chi connectivity index (χ1) is 7.06. The molecule has 5 heteroatoms. The van der Waals surface area contributed by atoms with Crippen molar-refractivity contribution in [3.63, 3.8) is 0 Å². The van der Waals surface area contributed by atoms with Gasteiger partial charge in [-0.15, -0.1) is 6.58 Å². The van der Waals surface area contributed by atoms with Crippen molar-refractivity contribution in [2.24, 2.45) is 0 Å². The highest BCUT2D eigenvalue weighted by Crippen LogP contribution is 2.23. The first-order valence-corrected chi connectivity index (χ1v) is 5.62. The van der Waals surface area contributed by atoms with Gasteiger partial charge in [0.2, 0.25) is 0 Å². The molecule has 0 aliphatic carbocycles. The fraction of sp³-hybridized carbons (Fsp3) is 0.200. The van der Waals surface area contributed by atoms with Crippen LogP contribution in [0.2, 0.25) is 0 Å². The number of nitrogens with zero attached hydrogens (tertiary/aromatic N) is 1. The second kappa shape index (κ2) is 4.84. The summed E-state index contributed by atoms with van der Waals surface area (Å²) in [5.74, 6) is 0.226. The van der Waals surface area contributed by atoms with E-state index >= 15 is 0 Å². The second-order valence-corrected chi connectivity index (χ2v) is 4.49. The Morgan fingerprint density at radius 2 is 2.27 bits per heavy atom. The van der Waals surface area contributed by atoms with Crippen LogP contribution in [-0.4, -0.2) is 14.9 Å². The van der Waals surface area contributed by atoms with E-state index < -0.39 is 15.7 Å². The van der Waals surface area contributed by atoms with Gasteiger partial charge in [0, 0.05) is 11.8 Å². The molecule has 0 saturated heterocycles. The van der Waals surface area contributed by atoms with E-state index in [1.165, 1.54) is 18.2 Å². The minimum Gasteiger partial charge on any atom is -0.258 e. The average Bonchev–Trinajstić information content (AvgIpc) is 2.17. The highest BCUT2D eigenvalue weighted by atomic mass is 32.2. The van der Waals surface area contributed by atoms with Gasteiger partial charge in [-0.25, -0.2) is 0 Å². The van der Waals surface area contributed by atoms with E-state index in [0.717, 1.165) is 5.56 Å². The van der Waals surface area contributed by atoms with Crippen molar-refractivity contribution in [3.8, 4) is 0 Å². The SMILES string of the molecule is C=CCS(=O)c1ccc(C)cc1[N+](=O)[O-]. The van der Waals surface area contributed by atoms with Gasteiger partial charge in [0.1, 0.15) is 4.90 Å². The number of benzene rings is 1. The molecule has 0 amide bonds. The number of nitro benzene ring substituents is 1. The molecule has 1 rings (SSSR count). The number of aryl methyl sites for hydroxylation is 1. The van der Waals surface area contributed by atoms with E-state index in [-0.39, 0.29) is 16.3 Å². The van der Waals surface area contributed by atoms with Crippen LogP contribution in [0.15, 0.2) is 35.7 Å². The summed E-state index contributed by atoms with van der Waals surface area (Å²) in [5, 5.41) is 10.7. The zero-order chi connectivity index (χ0) is 11.4. The molecule has 0 saturated carbocycles. The predicted octanol–water partition coefficient (Wildman–Crippen LogP) is 2.20. The van der Waals surface area contributed by atoms with E-state index in [4.69, 9.17) is 0 Å². The third kappa shape index (κ3) is 2.73. The van der Waals surface area contributed by atoms with Gasteiger partial charge < -0.3 is 0 Å². The second-order valence-electron chi connectivity index (χ2n) is 3.03. The Balaban J connectivity index is 3.22. The number of rotatable bonds is 4. The zero-order valence-corrected chi connectivity index (χ0v) is 9.12. The van der Waals surface area contributed by atoms with Crippen LogP contribution in [0.1, 0.15) is 5.56 Å². The third-order valence-electron chi connectivity index (χ3n) is 1.83. The maximum Gasteiger partial charge on any atom is 0.285 e. The zero-order valence-electron chi connectivity index (χ0n) is 8.30. The number of hydrogen-bond donors (Lipinski definition) is 0. The molecule has 4 nitrogen and oxygen atoms in total. The molecule has 1 atom stereocenters. The van der Waals surface area contributed by atoms with E-state index in [9.17, 15) is 14.3 Å². The summed E-state index contributed by atoms with van der Waals surface area (Å²) in [6.07, 6.45) is 1.49. The van der Waals surface area contributed by atoms with Crippen LogP contribution >= 0.6 is 0 Å². The fourth-order valence-electron chi connectivity index (χ4n) is 1.16. The molecular formula is C10H11NO3S. The third-order valence-corrected chi connectivity index (χ3v) is 3.20. The molecular weight excluding hydrogens is 214 g/mol. The molecule has 0 aromatic heterocycles. The molecule has 0 aliphatic heterocycles. The summed E-state index contributed by atoms with van der Waals surface area (Å²) >= 11 is 0. The van der Waals surface area contributed by atoms with Gasteiger partial charge in [-0.05, 0) is 18.6 Å². The molecule has 1 aromatic rings. The molecule has 0 heterocycles. The van der Waals surface area contributed by atoms with Crippen LogP contribution in [0.4, 0.5) is 5.69 Å². The maximum atomic E-state index is 11.6. The lowest BCUT2D eigenvalue weighted by Crippen LogP contribution is -2.01. The van der Waals surface area contributed by atoms with Gasteiger partial charge in [0.25, 0.3) is 5.69 Å². The first kappa shape index (κ1) is 11.6. The largest absolute Gasteiger partial charge is 0.285 e. The quantitative estimate of drug-likeness (QED) is 0.448. The summed E-state index contributed by atoms with van der Waals surface area (Å²) in [6, 6.07) is 4.67. The normalized spacial score (nSPS) is 12.1. The summed E-state index contributed by atoms with van der Waals surface area (Å²) < 4.78 is 11.6. The molecule has 0 fully saturated rings. The van der Waals surface area contributed by atoms with Gasteiger partial charge in [-0.1, -0.05) is 12.1 Å². The molecule has 80 valence electrons. The highest BCUT2D eigenvalue weighted by Gasteiger charge is 2.17. The van der Waals surface area contributed by atoms with Gasteiger partial charge in [0.15, 0.2) is 0 Å². The smallest absolute Gasteiger partial charge is 0.258 e. The number of hydrogen-bond acceptors (Lipinski definition) is 3. The van der Waals surface area contributed by atoms with Crippen molar-refractivity contribution in [1.82, 2.24) is 0 Å². The van der Waals surface area contributed by atoms with Gasteiger partial charge in [-0.2, -0.15) is 0 Å². The molecule has 0 radical (unpaired) electrons. The first-order valence-electron chi connectivity index (χ1n) is 4.30. The van der Waals surface area contributed by atoms with Crippen molar-refractivity contribution >= 4 is 16.5 Å². The number of nitro groups is 1. The molecule has 15 heavy (non-hydrogen) atoms. The van der Waals surface area contributed by atoms with E-state index in [0.29, 0.717) is 0 Å². The topological polar surface area (TPSA) is 60.2 Å². The van der Waals surface area contributed by atoms with Crippen molar-refractivity contribution in [2.75, 3.05) is 5.75 Å². The summed E-state index contributed by atoms with van der Waals surface area (Å²) in [4.78, 5) is 10.5. The van der Waals surface area contributed by atoms with E-state index in [1.807, 2.05) is 0 Å². The molecule has 0 spiro atoms. The van der Waals surface area contributed by atoms with E-state index in [1.54, 1.807) is 13.0 Å². The highest BCUT2D eigenvalue weighted by molar-refractivity contribution is 7.85. The van der Waals surface area contributed by atoms with Crippen molar-refractivity contribution < 1.29 is 9.13 Å². The lowest BCUT2D eigenvalue weighted by Gasteiger charge is -2.01. The Morgan fingerprint density at radius 3 is 2.80 bits per heavy atom. The molecule has 0 aliphatic rings. The minimum atomic E-state index is -1.38. The monoisotopic (exact) mass is 225 g/mol. The summed E-state index contributed by atoms with van der Waals surface area (Å²) in [7, 11) is -1.38. The van der Waals surface area contributed by atoms with Crippen LogP contribution in [0.3, 0.4) is 0 Å². The summed E-state index contributed by atoms with van der Waals surface area (Å²) in [5.41, 5.74) is 0.691. The Bertz CT molecular complexity index is 429. The van der Waals surface area contributed by atoms with Gasteiger partial charge in [-0.3, -0.25) is 14.3 Å². The van der Waals surface area contributed by atoms with Crippen molar-refractivity contribution in [2.45, 2.75) is 11.8 Å². The standard InChI is InChI=1S/C10H11NO3S/c1-3-6-15(14)10-5-4-8(2)7-9(10)11(12)13/h3-5,7H,1,6H2,2H3. The minimum absolute atomic E-state index is 0.0878. The lowest BCUT2D eigenvalue weighted by atomic mass is 10.2. The Morgan fingerprint density at radius 1 is 1.60 bits per heavy atom. The van der Waals surface area contributed by atoms with Crippen molar-refractivity contribution in [3.05, 3.63) is 46.5 Å². The molecule has 0 N–H and O–H groups in total. The van der Waals surface area contributed by atoms with Gasteiger partial charge >= 0.3 is 0 Å². The van der Waals surface area contributed by atoms with Crippen molar-refractivity contribution in [1.29, 1.82) is 0 Å². The van der Waals surface area contributed by atoms with Crippen LogP contribution in [-0.2, 0) is 10.8 Å². The van der Waals surface area contributed by atoms with Crippen LogP contribution < -0.4 is 0 Å². The van der Waals surface area contributed by atoms with Gasteiger partial charge in [0.05, 0.1) is 15.7 Å². The summed E-state index contributed by atoms with van der Waals surface area (Å²) in [6.45, 7) is 5.21. The van der Waals surface area contributed by atoms with Crippen LogP contribution in [0.5, 0.6) is 0 Å². The van der Waals surface area contributed by atoms with Crippen LogP contribution in [0.25, 0.3) is 0 Å². The fourth-order valence-corrected chi connectivity index (χ4v) is 2.14. The lowest BCUT2D eigenvalue weighted by molar-refractivity contribution is -0.387. The molecule has 0 bridgehead atoms. The predicted molar refractivity (Wildman–Crippen MR) is 59.3 cm³/mol. The average molecular weight is 225 g/mol. The Hall–Kier alpha value is -1.49. The Labute approximate surface area is 90.2 Å².